The van der Waals surface area contributed by atoms with Crippen molar-refractivity contribution in [3.05, 3.63) is 0 Å². The fourth-order valence-corrected chi connectivity index (χ4v) is 3.66. The van der Waals surface area contributed by atoms with E-state index in [1.54, 1.807) is 0 Å². The number of rotatable bonds is 5. The first kappa shape index (κ1) is 13.4. The van der Waals surface area contributed by atoms with Gasteiger partial charge >= 0.3 is 0 Å². The van der Waals surface area contributed by atoms with Gasteiger partial charge in [0.1, 0.15) is 0 Å². The van der Waals surface area contributed by atoms with Gasteiger partial charge in [-0.15, -0.1) is 0 Å². The summed E-state index contributed by atoms with van der Waals surface area (Å²) in [5.74, 6) is 1.72. The highest BCUT2D eigenvalue weighted by molar-refractivity contribution is 4.92. The molecular formula is C15H29NO. The Morgan fingerprint density at radius 1 is 1.18 bits per heavy atom. The van der Waals surface area contributed by atoms with E-state index >= 15 is 0 Å². The molecule has 0 atom stereocenters. The zero-order valence-corrected chi connectivity index (χ0v) is 11.6. The highest BCUT2D eigenvalue weighted by Gasteiger charge is 2.40. The molecule has 2 rings (SSSR count). The van der Waals surface area contributed by atoms with Crippen LogP contribution >= 0.6 is 0 Å². The van der Waals surface area contributed by atoms with Crippen molar-refractivity contribution in [3.8, 4) is 0 Å². The van der Waals surface area contributed by atoms with Gasteiger partial charge in [0, 0.05) is 19.8 Å². The Hall–Kier alpha value is -0.0800. The molecular weight excluding hydrogens is 210 g/mol. The van der Waals surface area contributed by atoms with Gasteiger partial charge in [0.05, 0.1) is 0 Å². The summed E-state index contributed by atoms with van der Waals surface area (Å²) in [6.45, 7) is 8.94. The molecule has 2 nitrogen and oxygen atoms in total. The molecule has 100 valence electrons. The summed E-state index contributed by atoms with van der Waals surface area (Å²) in [6.07, 6.45) is 8.40. The van der Waals surface area contributed by atoms with Crippen molar-refractivity contribution in [2.24, 2.45) is 17.3 Å². The molecule has 1 aliphatic heterocycles. The van der Waals surface area contributed by atoms with Gasteiger partial charge in [0.2, 0.25) is 0 Å². The van der Waals surface area contributed by atoms with E-state index in [1.807, 2.05) is 0 Å². The van der Waals surface area contributed by atoms with Crippen LogP contribution in [0.1, 0.15) is 52.4 Å². The van der Waals surface area contributed by atoms with E-state index < -0.39 is 0 Å². The molecule has 0 aromatic heterocycles. The van der Waals surface area contributed by atoms with Gasteiger partial charge in [-0.05, 0) is 49.5 Å². The predicted molar refractivity (Wildman–Crippen MR) is 72.2 cm³/mol. The van der Waals surface area contributed by atoms with Crippen LogP contribution in [0.5, 0.6) is 0 Å². The van der Waals surface area contributed by atoms with E-state index in [2.05, 4.69) is 19.2 Å². The molecule has 1 heterocycles. The van der Waals surface area contributed by atoms with Crippen molar-refractivity contribution < 1.29 is 4.74 Å². The summed E-state index contributed by atoms with van der Waals surface area (Å²) in [5, 5.41) is 3.72. The second kappa shape index (κ2) is 6.19. The molecule has 0 unspecified atom stereocenters. The Morgan fingerprint density at radius 2 is 1.82 bits per heavy atom. The summed E-state index contributed by atoms with van der Waals surface area (Å²) in [5.41, 5.74) is 0.559. The average Bonchev–Trinajstić information content (AvgIpc) is 2.83. The van der Waals surface area contributed by atoms with Crippen molar-refractivity contribution in [1.82, 2.24) is 5.32 Å². The minimum atomic E-state index is 0.559. The second-order valence-corrected chi connectivity index (χ2v) is 6.48. The molecule has 0 spiro atoms. The van der Waals surface area contributed by atoms with Gasteiger partial charge < -0.3 is 10.1 Å². The van der Waals surface area contributed by atoms with E-state index in [-0.39, 0.29) is 0 Å². The molecule has 2 heteroatoms. The van der Waals surface area contributed by atoms with Gasteiger partial charge in [0.25, 0.3) is 0 Å². The third-order valence-electron chi connectivity index (χ3n) is 4.74. The van der Waals surface area contributed by atoms with Gasteiger partial charge in [-0.3, -0.25) is 0 Å². The largest absolute Gasteiger partial charge is 0.381 e. The summed E-state index contributed by atoms with van der Waals surface area (Å²) in [4.78, 5) is 0. The molecule has 0 aromatic rings. The highest BCUT2D eigenvalue weighted by atomic mass is 16.5. The topological polar surface area (TPSA) is 21.3 Å². The van der Waals surface area contributed by atoms with E-state index in [9.17, 15) is 0 Å². The molecule has 1 saturated heterocycles. The van der Waals surface area contributed by atoms with Gasteiger partial charge in [-0.25, -0.2) is 0 Å². The zero-order valence-electron chi connectivity index (χ0n) is 11.6. The third-order valence-corrected chi connectivity index (χ3v) is 4.74. The summed E-state index contributed by atoms with van der Waals surface area (Å²) < 4.78 is 5.58. The maximum absolute atomic E-state index is 5.58. The fraction of sp³-hybridized carbons (Fsp3) is 1.00. The zero-order chi connectivity index (χ0) is 12.1. The fourth-order valence-electron chi connectivity index (χ4n) is 3.66. The first-order chi connectivity index (χ1) is 8.23. The number of hydrogen-bond donors (Lipinski definition) is 1. The van der Waals surface area contributed by atoms with Crippen LogP contribution < -0.4 is 5.32 Å². The Bertz CT molecular complexity index is 215. The molecule has 0 radical (unpaired) electrons. The van der Waals surface area contributed by atoms with Gasteiger partial charge in [0.15, 0.2) is 0 Å². The molecule has 1 aliphatic carbocycles. The van der Waals surface area contributed by atoms with Crippen LogP contribution in [-0.4, -0.2) is 26.3 Å². The summed E-state index contributed by atoms with van der Waals surface area (Å²) >= 11 is 0. The Balaban J connectivity index is 1.91. The summed E-state index contributed by atoms with van der Waals surface area (Å²) in [6, 6.07) is 0. The Labute approximate surface area is 107 Å². The number of nitrogens with one attached hydrogen (secondary N) is 1. The third kappa shape index (κ3) is 3.45. The van der Waals surface area contributed by atoms with Crippen molar-refractivity contribution in [2.75, 3.05) is 26.3 Å². The van der Waals surface area contributed by atoms with Crippen LogP contribution in [0.2, 0.25) is 0 Å². The smallest absolute Gasteiger partial charge is 0.0471 e. The molecule has 17 heavy (non-hydrogen) atoms. The van der Waals surface area contributed by atoms with Crippen LogP contribution in [0.25, 0.3) is 0 Å². The van der Waals surface area contributed by atoms with Crippen LogP contribution in [0.4, 0.5) is 0 Å². The SMILES string of the molecule is CC(C)CNCC1(C2CCCC2)CCOCC1. The minimum absolute atomic E-state index is 0.559. The lowest BCUT2D eigenvalue weighted by atomic mass is 9.69. The predicted octanol–water partition coefficient (Wildman–Crippen LogP) is 3.22. The lowest BCUT2D eigenvalue weighted by Crippen LogP contribution is -2.44. The van der Waals surface area contributed by atoms with Crippen LogP contribution in [0.3, 0.4) is 0 Å². The summed E-state index contributed by atoms with van der Waals surface area (Å²) in [7, 11) is 0. The average molecular weight is 239 g/mol. The van der Waals surface area contributed by atoms with E-state index in [1.165, 1.54) is 45.1 Å². The van der Waals surface area contributed by atoms with Crippen LogP contribution in [0.15, 0.2) is 0 Å². The standard InChI is InChI=1S/C15H29NO/c1-13(2)11-16-12-15(7-9-17-10-8-15)14-5-3-4-6-14/h13-14,16H,3-12H2,1-2H3. The van der Waals surface area contributed by atoms with Crippen LogP contribution in [0, 0.1) is 17.3 Å². The van der Waals surface area contributed by atoms with Crippen molar-refractivity contribution in [3.63, 3.8) is 0 Å². The minimum Gasteiger partial charge on any atom is -0.381 e. The molecule has 0 bridgehead atoms. The van der Waals surface area contributed by atoms with Crippen LogP contribution in [-0.2, 0) is 4.74 Å². The Kier molecular flexibility index (Phi) is 4.87. The molecule has 1 N–H and O–H groups in total. The monoisotopic (exact) mass is 239 g/mol. The second-order valence-electron chi connectivity index (χ2n) is 6.48. The first-order valence-corrected chi connectivity index (χ1v) is 7.51. The lowest BCUT2D eigenvalue weighted by Gasteiger charge is -2.42. The maximum atomic E-state index is 5.58. The quantitative estimate of drug-likeness (QED) is 0.795. The van der Waals surface area contributed by atoms with Crippen molar-refractivity contribution in [2.45, 2.75) is 52.4 Å². The van der Waals surface area contributed by atoms with Crippen molar-refractivity contribution in [1.29, 1.82) is 0 Å². The maximum Gasteiger partial charge on any atom is 0.0471 e. The van der Waals surface area contributed by atoms with Gasteiger partial charge in [-0.1, -0.05) is 26.7 Å². The van der Waals surface area contributed by atoms with E-state index in [0.717, 1.165) is 31.6 Å². The van der Waals surface area contributed by atoms with Gasteiger partial charge in [-0.2, -0.15) is 0 Å². The highest BCUT2D eigenvalue weighted by Crippen LogP contribution is 2.46. The number of hydrogen-bond acceptors (Lipinski definition) is 2. The molecule has 0 aromatic carbocycles. The number of ether oxygens (including phenoxy) is 1. The van der Waals surface area contributed by atoms with E-state index in [0.29, 0.717) is 5.41 Å². The molecule has 2 aliphatic rings. The normalized spacial score (nSPS) is 25.6. The molecule has 0 amide bonds. The molecule has 2 fully saturated rings. The first-order valence-electron chi connectivity index (χ1n) is 7.51. The van der Waals surface area contributed by atoms with E-state index in [4.69, 9.17) is 4.74 Å². The molecule has 1 saturated carbocycles. The van der Waals surface area contributed by atoms with Crippen molar-refractivity contribution >= 4 is 0 Å². The lowest BCUT2D eigenvalue weighted by molar-refractivity contribution is -0.0170. The Morgan fingerprint density at radius 3 is 2.41 bits per heavy atom.